The Kier molecular flexibility index (Phi) is 5.68. The van der Waals surface area contributed by atoms with Crippen molar-refractivity contribution in [2.24, 2.45) is 0 Å². The first-order valence-electron chi connectivity index (χ1n) is 7.10. The standard InChI is InChI=1S/C15H21ClN2O2/c1-2-14(11-5-7-12(16)8-6-11)18-15(19)17-10-13-4-3-9-20-13/h5-8,13-14H,2-4,9-10H2,1H3,(H2,17,18,19). The van der Waals surface area contributed by atoms with E-state index in [9.17, 15) is 4.79 Å². The molecule has 1 aliphatic rings. The van der Waals surface area contributed by atoms with Crippen LogP contribution in [-0.2, 0) is 4.74 Å². The molecule has 2 rings (SSSR count). The highest BCUT2D eigenvalue weighted by atomic mass is 35.5. The molecule has 0 spiro atoms. The van der Waals surface area contributed by atoms with Crippen molar-refractivity contribution >= 4 is 17.6 Å². The quantitative estimate of drug-likeness (QED) is 0.876. The summed E-state index contributed by atoms with van der Waals surface area (Å²) in [4.78, 5) is 11.9. The lowest BCUT2D eigenvalue weighted by Gasteiger charge is -2.19. The average molecular weight is 297 g/mol. The molecule has 1 aromatic rings. The van der Waals surface area contributed by atoms with Gasteiger partial charge in [0, 0.05) is 18.2 Å². The van der Waals surface area contributed by atoms with E-state index in [0.29, 0.717) is 11.6 Å². The van der Waals surface area contributed by atoms with Crippen LogP contribution in [0.25, 0.3) is 0 Å². The van der Waals surface area contributed by atoms with Gasteiger partial charge in [0.15, 0.2) is 0 Å². The van der Waals surface area contributed by atoms with Crippen molar-refractivity contribution in [1.82, 2.24) is 10.6 Å². The summed E-state index contributed by atoms with van der Waals surface area (Å²) in [5, 5.41) is 6.55. The molecule has 1 aliphatic heterocycles. The normalized spacial score (nSPS) is 19.6. The molecule has 1 aromatic carbocycles. The number of halogens is 1. The molecule has 0 aromatic heterocycles. The summed E-state index contributed by atoms with van der Waals surface area (Å²) < 4.78 is 5.48. The first-order chi connectivity index (χ1) is 9.69. The second-order valence-electron chi connectivity index (χ2n) is 5.00. The Hall–Kier alpha value is -1.26. The predicted molar refractivity (Wildman–Crippen MR) is 80.0 cm³/mol. The van der Waals surface area contributed by atoms with Gasteiger partial charge >= 0.3 is 6.03 Å². The maximum atomic E-state index is 11.9. The molecular weight excluding hydrogens is 276 g/mol. The first kappa shape index (κ1) is 15.1. The fraction of sp³-hybridized carbons (Fsp3) is 0.533. The number of hydrogen-bond donors (Lipinski definition) is 2. The molecule has 1 heterocycles. The maximum Gasteiger partial charge on any atom is 0.315 e. The van der Waals surface area contributed by atoms with Crippen LogP contribution < -0.4 is 10.6 Å². The largest absolute Gasteiger partial charge is 0.376 e. The molecule has 20 heavy (non-hydrogen) atoms. The molecule has 1 fully saturated rings. The SMILES string of the molecule is CCC(NC(=O)NCC1CCCO1)c1ccc(Cl)cc1. The van der Waals surface area contributed by atoms with Gasteiger partial charge in [0.25, 0.3) is 0 Å². The van der Waals surface area contributed by atoms with Crippen LogP contribution in [-0.4, -0.2) is 25.3 Å². The summed E-state index contributed by atoms with van der Waals surface area (Å²) in [6.45, 7) is 3.42. The van der Waals surface area contributed by atoms with Crippen LogP contribution in [0.1, 0.15) is 37.8 Å². The van der Waals surface area contributed by atoms with Gasteiger partial charge in [0.1, 0.15) is 0 Å². The van der Waals surface area contributed by atoms with E-state index in [-0.39, 0.29) is 18.2 Å². The van der Waals surface area contributed by atoms with Crippen molar-refractivity contribution in [3.63, 3.8) is 0 Å². The van der Waals surface area contributed by atoms with E-state index in [1.165, 1.54) is 0 Å². The summed E-state index contributed by atoms with van der Waals surface area (Å²) in [5.74, 6) is 0. The molecular formula is C15H21ClN2O2. The van der Waals surface area contributed by atoms with Crippen LogP contribution >= 0.6 is 11.6 Å². The van der Waals surface area contributed by atoms with Crippen LogP contribution in [0.3, 0.4) is 0 Å². The Morgan fingerprint density at radius 2 is 2.20 bits per heavy atom. The number of amides is 2. The maximum absolute atomic E-state index is 11.9. The molecule has 2 amide bonds. The second kappa shape index (κ2) is 7.50. The van der Waals surface area contributed by atoms with Gasteiger partial charge < -0.3 is 15.4 Å². The number of carbonyl (C=O) groups excluding carboxylic acids is 1. The number of nitrogens with one attached hydrogen (secondary N) is 2. The number of urea groups is 1. The summed E-state index contributed by atoms with van der Waals surface area (Å²) >= 11 is 5.87. The zero-order valence-electron chi connectivity index (χ0n) is 11.7. The average Bonchev–Trinajstić information content (AvgIpc) is 2.97. The summed E-state index contributed by atoms with van der Waals surface area (Å²) in [6, 6.07) is 7.41. The number of benzene rings is 1. The van der Waals surface area contributed by atoms with Gasteiger partial charge in [-0.25, -0.2) is 4.79 Å². The third kappa shape index (κ3) is 4.39. The van der Waals surface area contributed by atoms with Crippen molar-refractivity contribution < 1.29 is 9.53 Å². The second-order valence-corrected chi connectivity index (χ2v) is 5.44. The van der Waals surface area contributed by atoms with Crippen molar-refractivity contribution in [3.8, 4) is 0 Å². The van der Waals surface area contributed by atoms with Crippen LogP contribution in [0, 0.1) is 0 Å². The Labute approximate surface area is 124 Å². The molecule has 0 aliphatic carbocycles. The van der Waals surface area contributed by atoms with Gasteiger partial charge in [-0.3, -0.25) is 0 Å². The zero-order chi connectivity index (χ0) is 14.4. The third-order valence-corrected chi connectivity index (χ3v) is 3.75. The molecule has 5 heteroatoms. The molecule has 0 saturated carbocycles. The van der Waals surface area contributed by atoms with E-state index < -0.39 is 0 Å². The lowest BCUT2D eigenvalue weighted by atomic mass is 10.1. The summed E-state index contributed by atoms with van der Waals surface area (Å²) in [6.07, 6.45) is 3.09. The monoisotopic (exact) mass is 296 g/mol. The lowest BCUT2D eigenvalue weighted by Crippen LogP contribution is -2.41. The van der Waals surface area contributed by atoms with E-state index in [4.69, 9.17) is 16.3 Å². The van der Waals surface area contributed by atoms with Gasteiger partial charge in [0.05, 0.1) is 12.1 Å². The van der Waals surface area contributed by atoms with Crippen LogP contribution in [0.15, 0.2) is 24.3 Å². The molecule has 2 atom stereocenters. The van der Waals surface area contributed by atoms with Crippen molar-refractivity contribution in [3.05, 3.63) is 34.9 Å². The smallest absolute Gasteiger partial charge is 0.315 e. The molecule has 0 radical (unpaired) electrons. The Morgan fingerprint density at radius 3 is 2.80 bits per heavy atom. The molecule has 110 valence electrons. The van der Waals surface area contributed by atoms with E-state index in [0.717, 1.165) is 31.4 Å². The van der Waals surface area contributed by atoms with Gasteiger partial charge in [-0.1, -0.05) is 30.7 Å². The van der Waals surface area contributed by atoms with Crippen molar-refractivity contribution in [1.29, 1.82) is 0 Å². The highest BCUT2D eigenvalue weighted by Gasteiger charge is 2.17. The Bertz CT molecular complexity index is 430. The van der Waals surface area contributed by atoms with E-state index >= 15 is 0 Å². The molecule has 0 bridgehead atoms. The van der Waals surface area contributed by atoms with Gasteiger partial charge in [-0.15, -0.1) is 0 Å². The number of rotatable bonds is 5. The molecule has 2 unspecified atom stereocenters. The van der Waals surface area contributed by atoms with Crippen LogP contribution in [0.5, 0.6) is 0 Å². The number of carbonyl (C=O) groups is 1. The summed E-state index contributed by atoms with van der Waals surface area (Å²) in [5.41, 5.74) is 1.06. The Balaban J connectivity index is 1.82. The minimum atomic E-state index is -0.151. The minimum absolute atomic E-state index is 0.00300. The minimum Gasteiger partial charge on any atom is -0.376 e. The summed E-state index contributed by atoms with van der Waals surface area (Å²) in [7, 11) is 0. The van der Waals surface area contributed by atoms with Gasteiger partial charge in [0.2, 0.25) is 0 Å². The highest BCUT2D eigenvalue weighted by Crippen LogP contribution is 2.19. The lowest BCUT2D eigenvalue weighted by molar-refractivity contribution is 0.111. The van der Waals surface area contributed by atoms with Crippen LogP contribution in [0.2, 0.25) is 5.02 Å². The fourth-order valence-electron chi connectivity index (χ4n) is 2.34. The zero-order valence-corrected chi connectivity index (χ0v) is 12.5. The fourth-order valence-corrected chi connectivity index (χ4v) is 2.46. The van der Waals surface area contributed by atoms with Crippen molar-refractivity contribution in [2.75, 3.05) is 13.2 Å². The number of hydrogen-bond acceptors (Lipinski definition) is 2. The van der Waals surface area contributed by atoms with Crippen LogP contribution in [0.4, 0.5) is 4.79 Å². The third-order valence-electron chi connectivity index (χ3n) is 3.50. The topological polar surface area (TPSA) is 50.4 Å². The highest BCUT2D eigenvalue weighted by molar-refractivity contribution is 6.30. The molecule has 2 N–H and O–H groups in total. The number of ether oxygens (including phenoxy) is 1. The van der Waals surface area contributed by atoms with Crippen molar-refractivity contribution in [2.45, 2.75) is 38.3 Å². The molecule has 1 saturated heterocycles. The van der Waals surface area contributed by atoms with E-state index in [1.54, 1.807) is 0 Å². The first-order valence-corrected chi connectivity index (χ1v) is 7.48. The predicted octanol–water partition coefficient (Wildman–Crippen LogP) is 3.27. The van der Waals surface area contributed by atoms with Gasteiger partial charge in [-0.05, 0) is 37.0 Å². The van der Waals surface area contributed by atoms with E-state index in [2.05, 4.69) is 10.6 Å². The van der Waals surface area contributed by atoms with E-state index in [1.807, 2.05) is 31.2 Å². The Morgan fingerprint density at radius 1 is 1.45 bits per heavy atom. The van der Waals surface area contributed by atoms with Gasteiger partial charge in [-0.2, -0.15) is 0 Å². The molecule has 4 nitrogen and oxygen atoms in total.